The summed E-state index contributed by atoms with van der Waals surface area (Å²) in [5, 5.41) is 4.41. The monoisotopic (exact) mass is 268 g/mol. The second kappa shape index (κ2) is 4.28. The zero-order valence-corrected chi connectivity index (χ0v) is 10.1. The Balaban J connectivity index is 2.38. The van der Waals surface area contributed by atoms with Crippen LogP contribution in [0.25, 0.3) is 5.65 Å². The van der Waals surface area contributed by atoms with Crippen LogP contribution in [0.15, 0.2) is 22.8 Å². The first-order valence-electron chi connectivity index (χ1n) is 4.92. The largest absolute Gasteiger partial charge is 0.330 e. The quantitative estimate of drug-likeness (QED) is 0.926. The summed E-state index contributed by atoms with van der Waals surface area (Å²) >= 11 is 3.40. The van der Waals surface area contributed by atoms with E-state index in [-0.39, 0.29) is 0 Å². The van der Waals surface area contributed by atoms with Crippen molar-refractivity contribution in [1.29, 1.82) is 0 Å². The van der Waals surface area contributed by atoms with Crippen molar-refractivity contribution in [3.05, 3.63) is 28.6 Å². The number of hydrogen-bond donors (Lipinski definition) is 1. The molecule has 0 saturated heterocycles. The number of halogens is 1. The van der Waals surface area contributed by atoms with Gasteiger partial charge in [-0.3, -0.25) is 0 Å². The fourth-order valence-electron chi connectivity index (χ4n) is 1.46. The summed E-state index contributed by atoms with van der Waals surface area (Å²) in [6.45, 7) is 2.76. The molecule has 0 aliphatic rings. The van der Waals surface area contributed by atoms with Crippen molar-refractivity contribution in [2.75, 3.05) is 6.54 Å². The van der Waals surface area contributed by atoms with E-state index in [0.29, 0.717) is 12.5 Å². The van der Waals surface area contributed by atoms with Gasteiger partial charge in [0, 0.05) is 16.6 Å². The summed E-state index contributed by atoms with van der Waals surface area (Å²) in [5.74, 6) is 1.17. The minimum Gasteiger partial charge on any atom is -0.330 e. The molecule has 0 saturated carbocycles. The van der Waals surface area contributed by atoms with Crippen molar-refractivity contribution < 1.29 is 0 Å². The Morgan fingerprint density at radius 2 is 2.33 bits per heavy atom. The summed E-state index contributed by atoms with van der Waals surface area (Å²) in [6, 6.07) is 3.90. The summed E-state index contributed by atoms with van der Waals surface area (Å²) in [4.78, 5) is 4.45. The van der Waals surface area contributed by atoms with E-state index in [0.717, 1.165) is 22.4 Å². The number of nitrogens with zero attached hydrogens (tertiary/aromatic N) is 3. The highest BCUT2D eigenvalue weighted by molar-refractivity contribution is 9.10. The second-order valence-electron chi connectivity index (χ2n) is 3.60. The van der Waals surface area contributed by atoms with Crippen LogP contribution in [0.5, 0.6) is 0 Å². The van der Waals surface area contributed by atoms with Gasteiger partial charge < -0.3 is 5.73 Å². The van der Waals surface area contributed by atoms with Gasteiger partial charge in [-0.1, -0.05) is 6.92 Å². The van der Waals surface area contributed by atoms with Gasteiger partial charge in [0.25, 0.3) is 0 Å². The average molecular weight is 269 g/mol. The van der Waals surface area contributed by atoms with Crippen LogP contribution in [-0.4, -0.2) is 21.1 Å². The maximum Gasteiger partial charge on any atom is 0.155 e. The lowest BCUT2D eigenvalue weighted by Gasteiger charge is -2.02. The Morgan fingerprint density at radius 3 is 3.07 bits per heavy atom. The number of aromatic nitrogens is 3. The Hall–Kier alpha value is -0.940. The van der Waals surface area contributed by atoms with E-state index in [1.807, 2.05) is 18.3 Å². The first-order valence-corrected chi connectivity index (χ1v) is 5.72. The molecular formula is C10H13BrN4. The molecule has 2 aromatic rings. The van der Waals surface area contributed by atoms with Gasteiger partial charge in [0.15, 0.2) is 11.5 Å². The Morgan fingerprint density at radius 1 is 1.53 bits per heavy atom. The van der Waals surface area contributed by atoms with Crippen molar-refractivity contribution in [2.24, 2.45) is 5.73 Å². The van der Waals surface area contributed by atoms with Crippen LogP contribution in [-0.2, 0) is 0 Å². The first kappa shape index (κ1) is 10.6. The topological polar surface area (TPSA) is 56.2 Å². The van der Waals surface area contributed by atoms with Crippen LogP contribution in [0.1, 0.15) is 25.1 Å². The van der Waals surface area contributed by atoms with Crippen molar-refractivity contribution in [3.63, 3.8) is 0 Å². The summed E-state index contributed by atoms with van der Waals surface area (Å²) < 4.78 is 2.78. The van der Waals surface area contributed by atoms with Crippen LogP contribution in [0, 0.1) is 0 Å². The lowest BCUT2D eigenvalue weighted by Crippen LogP contribution is -2.05. The van der Waals surface area contributed by atoms with Gasteiger partial charge in [0.05, 0.1) is 0 Å². The third kappa shape index (κ3) is 2.18. The molecule has 0 bridgehead atoms. The van der Waals surface area contributed by atoms with E-state index >= 15 is 0 Å². The van der Waals surface area contributed by atoms with Gasteiger partial charge in [-0.25, -0.2) is 9.50 Å². The molecule has 0 aliphatic heterocycles. The number of pyridine rings is 1. The predicted octanol–water partition coefficient (Wildman–Crippen LogP) is 1.94. The molecule has 0 amide bonds. The van der Waals surface area contributed by atoms with Crippen LogP contribution < -0.4 is 5.73 Å². The molecule has 0 aromatic carbocycles. The lowest BCUT2D eigenvalue weighted by molar-refractivity contribution is 0.645. The smallest absolute Gasteiger partial charge is 0.155 e. The molecule has 0 spiro atoms. The number of nitrogens with two attached hydrogens (primary N) is 1. The molecule has 4 nitrogen and oxygen atoms in total. The SMILES string of the molecule is CC(CCN)c1nc2ccc(Br)cn2n1. The molecule has 0 radical (unpaired) electrons. The molecule has 1 unspecified atom stereocenters. The summed E-state index contributed by atoms with van der Waals surface area (Å²) in [6.07, 6.45) is 2.82. The lowest BCUT2D eigenvalue weighted by atomic mass is 10.1. The van der Waals surface area contributed by atoms with Gasteiger partial charge in [-0.15, -0.1) is 0 Å². The van der Waals surface area contributed by atoms with Gasteiger partial charge >= 0.3 is 0 Å². The number of rotatable bonds is 3. The second-order valence-corrected chi connectivity index (χ2v) is 4.51. The fraction of sp³-hybridized carbons (Fsp3) is 0.400. The fourth-order valence-corrected chi connectivity index (χ4v) is 1.79. The minimum absolute atomic E-state index is 0.314. The molecule has 5 heteroatoms. The van der Waals surface area contributed by atoms with Crippen molar-refractivity contribution in [2.45, 2.75) is 19.3 Å². The molecule has 1 atom stereocenters. The molecule has 2 rings (SSSR count). The van der Waals surface area contributed by atoms with Crippen LogP contribution >= 0.6 is 15.9 Å². The Bertz CT molecular complexity index is 465. The number of hydrogen-bond acceptors (Lipinski definition) is 3. The third-order valence-corrected chi connectivity index (χ3v) is 2.82. The molecule has 0 aliphatic carbocycles. The highest BCUT2D eigenvalue weighted by atomic mass is 79.9. The highest BCUT2D eigenvalue weighted by Gasteiger charge is 2.10. The Kier molecular flexibility index (Phi) is 3.02. The normalized spacial score (nSPS) is 13.3. The summed E-state index contributed by atoms with van der Waals surface area (Å²) in [7, 11) is 0. The van der Waals surface area contributed by atoms with Gasteiger partial charge in [-0.2, -0.15) is 5.10 Å². The zero-order chi connectivity index (χ0) is 10.8. The third-order valence-electron chi connectivity index (χ3n) is 2.35. The molecular weight excluding hydrogens is 256 g/mol. The van der Waals surface area contributed by atoms with E-state index in [9.17, 15) is 0 Å². The molecule has 0 fully saturated rings. The van der Waals surface area contributed by atoms with Gasteiger partial charge in [-0.05, 0) is 41.0 Å². The van der Waals surface area contributed by atoms with E-state index in [2.05, 4.69) is 32.9 Å². The van der Waals surface area contributed by atoms with Crippen LogP contribution in [0.4, 0.5) is 0 Å². The van der Waals surface area contributed by atoms with Crippen LogP contribution in [0.2, 0.25) is 0 Å². The van der Waals surface area contributed by atoms with Crippen molar-refractivity contribution in [1.82, 2.24) is 14.6 Å². The maximum atomic E-state index is 5.52. The summed E-state index contributed by atoms with van der Waals surface area (Å²) in [5.41, 5.74) is 6.39. The van der Waals surface area contributed by atoms with E-state index in [1.165, 1.54) is 0 Å². The molecule has 2 N–H and O–H groups in total. The molecule has 80 valence electrons. The maximum absolute atomic E-state index is 5.52. The van der Waals surface area contributed by atoms with Crippen molar-refractivity contribution >= 4 is 21.6 Å². The Labute approximate surface area is 96.6 Å². The number of fused-ring (bicyclic) bond motifs is 1. The van der Waals surface area contributed by atoms with E-state index in [1.54, 1.807) is 4.52 Å². The van der Waals surface area contributed by atoms with Gasteiger partial charge in [0.2, 0.25) is 0 Å². The van der Waals surface area contributed by atoms with Crippen molar-refractivity contribution in [3.8, 4) is 0 Å². The molecule has 15 heavy (non-hydrogen) atoms. The average Bonchev–Trinajstić information content (AvgIpc) is 2.60. The van der Waals surface area contributed by atoms with Gasteiger partial charge in [0.1, 0.15) is 0 Å². The first-order chi connectivity index (χ1) is 7.20. The minimum atomic E-state index is 0.314. The molecule has 2 aromatic heterocycles. The highest BCUT2D eigenvalue weighted by Crippen LogP contribution is 2.16. The van der Waals surface area contributed by atoms with E-state index in [4.69, 9.17) is 5.73 Å². The van der Waals surface area contributed by atoms with E-state index < -0.39 is 0 Å². The predicted molar refractivity (Wildman–Crippen MR) is 62.8 cm³/mol. The van der Waals surface area contributed by atoms with Crippen LogP contribution in [0.3, 0.4) is 0 Å². The molecule has 2 heterocycles. The standard InChI is InChI=1S/C10H13BrN4/c1-7(4-5-12)10-13-9-3-2-8(11)6-15(9)14-10/h2-3,6-7H,4-5,12H2,1H3. The zero-order valence-electron chi connectivity index (χ0n) is 8.52.